The molecule has 222 valence electrons. The van der Waals surface area contributed by atoms with Crippen LogP contribution >= 0.6 is 0 Å². The number of para-hydroxylation sites is 1. The number of ether oxygens (including phenoxy) is 1. The second-order valence-electron chi connectivity index (χ2n) is 8.86. The van der Waals surface area contributed by atoms with E-state index in [0.29, 0.717) is 28.4 Å². The van der Waals surface area contributed by atoms with E-state index in [2.05, 4.69) is 20.1 Å². The molecule has 16 heteroatoms. The highest BCUT2D eigenvalue weighted by atomic mass is 32.2. The molecule has 0 spiro atoms. The summed E-state index contributed by atoms with van der Waals surface area (Å²) in [5.74, 6) is -0.508. The lowest BCUT2D eigenvalue weighted by molar-refractivity contribution is -0.142. The number of amides is 1. The van der Waals surface area contributed by atoms with Crippen molar-refractivity contribution in [3.8, 4) is 17.0 Å². The van der Waals surface area contributed by atoms with Crippen molar-refractivity contribution in [2.75, 3.05) is 10.0 Å². The predicted octanol–water partition coefficient (Wildman–Crippen LogP) is 6.85. The Hall–Kier alpha value is -5.12. The monoisotopic (exact) mass is 621 g/mol. The molecule has 0 aliphatic heterocycles. The van der Waals surface area contributed by atoms with Gasteiger partial charge in [0, 0.05) is 16.9 Å². The SMILES string of the molecule is O=C(Nc1cccc(S(=O)(=O)Nc2ccccc2)c1)Oc1cnn2c(C(F)(F)F)cc(-c3ccc(C(F)(F)F)cc3)nc12. The molecular weight excluding hydrogens is 604 g/mol. The highest BCUT2D eigenvalue weighted by Crippen LogP contribution is 2.35. The number of carbonyl (C=O) groups excluding carboxylic acids is 1. The molecule has 2 heterocycles. The van der Waals surface area contributed by atoms with Crippen LogP contribution in [0.2, 0.25) is 0 Å². The number of anilines is 2. The van der Waals surface area contributed by atoms with E-state index >= 15 is 0 Å². The maximum atomic E-state index is 13.9. The summed E-state index contributed by atoms with van der Waals surface area (Å²) in [6, 6.07) is 17.0. The van der Waals surface area contributed by atoms with E-state index in [1.807, 2.05) is 0 Å². The lowest BCUT2D eigenvalue weighted by atomic mass is 10.1. The molecule has 0 saturated carbocycles. The molecule has 0 atom stereocenters. The fourth-order valence-corrected chi connectivity index (χ4v) is 5.00. The van der Waals surface area contributed by atoms with Crippen molar-refractivity contribution in [2.24, 2.45) is 0 Å². The van der Waals surface area contributed by atoms with Crippen LogP contribution in [0.3, 0.4) is 0 Å². The Morgan fingerprint density at radius 1 is 0.814 bits per heavy atom. The Morgan fingerprint density at radius 3 is 2.14 bits per heavy atom. The molecule has 43 heavy (non-hydrogen) atoms. The predicted molar refractivity (Wildman–Crippen MR) is 142 cm³/mol. The lowest BCUT2D eigenvalue weighted by Crippen LogP contribution is -2.18. The van der Waals surface area contributed by atoms with Crippen molar-refractivity contribution >= 4 is 33.1 Å². The lowest BCUT2D eigenvalue weighted by Gasteiger charge is -2.12. The van der Waals surface area contributed by atoms with Crippen LogP contribution in [-0.2, 0) is 22.4 Å². The van der Waals surface area contributed by atoms with Crippen molar-refractivity contribution in [3.63, 3.8) is 0 Å². The minimum atomic E-state index is -4.97. The van der Waals surface area contributed by atoms with Crippen LogP contribution in [0.15, 0.2) is 96.0 Å². The summed E-state index contributed by atoms with van der Waals surface area (Å²) in [4.78, 5) is 16.5. The Morgan fingerprint density at radius 2 is 1.49 bits per heavy atom. The Labute approximate surface area is 238 Å². The quantitative estimate of drug-likeness (QED) is 0.201. The first-order valence-corrected chi connectivity index (χ1v) is 13.5. The second-order valence-corrected chi connectivity index (χ2v) is 10.5. The largest absolute Gasteiger partial charge is 0.433 e. The molecule has 0 aliphatic rings. The van der Waals surface area contributed by atoms with E-state index in [0.717, 1.165) is 24.4 Å². The Bertz CT molecular complexity index is 1910. The summed E-state index contributed by atoms with van der Waals surface area (Å²) < 4.78 is 114. The summed E-state index contributed by atoms with van der Waals surface area (Å²) in [6.07, 6.45) is -10.0. The van der Waals surface area contributed by atoms with Gasteiger partial charge in [0.25, 0.3) is 10.0 Å². The van der Waals surface area contributed by atoms with Crippen LogP contribution in [0.4, 0.5) is 42.5 Å². The first-order chi connectivity index (χ1) is 20.2. The molecule has 3 aromatic carbocycles. The number of alkyl halides is 6. The van der Waals surface area contributed by atoms with Gasteiger partial charge in [-0.15, -0.1) is 0 Å². The highest BCUT2D eigenvalue weighted by Gasteiger charge is 2.36. The average Bonchev–Trinajstić information content (AvgIpc) is 3.34. The molecule has 0 saturated heterocycles. The number of hydrogen-bond acceptors (Lipinski definition) is 6. The van der Waals surface area contributed by atoms with Crippen LogP contribution in [0, 0.1) is 0 Å². The second kappa shape index (κ2) is 10.9. The molecule has 0 bridgehead atoms. The number of nitrogens with zero attached hydrogens (tertiary/aromatic N) is 3. The van der Waals surface area contributed by atoms with Gasteiger partial charge in [-0.05, 0) is 48.5 Å². The van der Waals surface area contributed by atoms with Gasteiger partial charge >= 0.3 is 18.4 Å². The van der Waals surface area contributed by atoms with E-state index in [1.54, 1.807) is 18.2 Å². The number of fused-ring (bicyclic) bond motifs is 1. The smallest absolute Gasteiger partial charge is 0.404 e. The first-order valence-electron chi connectivity index (χ1n) is 12.0. The van der Waals surface area contributed by atoms with E-state index in [4.69, 9.17) is 4.74 Å². The van der Waals surface area contributed by atoms with Gasteiger partial charge in [0.2, 0.25) is 0 Å². The molecule has 0 aliphatic carbocycles. The zero-order valence-corrected chi connectivity index (χ0v) is 22.1. The summed E-state index contributed by atoms with van der Waals surface area (Å²) >= 11 is 0. The number of aromatic nitrogens is 3. The van der Waals surface area contributed by atoms with Crippen LogP contribution in [-0.4, -0.2) is 29.1 Å². The molecule has 0 unspecified atom stereocenters. The highest BCUT2D eigenvalue weighted by molar-refractivity contribution is 7.92. The van der Waals surface area contributed by atoms with E-state index in [9.17, 15) is 39.6 Å². The van der Waals surface area contributed by atoms with Crippen molar-refractivity contribution in [3.05, 3.63) is 102 Å². The van der Waals surface area contributed by atoms with Gasteiger partial charge < -0.3 is 4.74 Å². The van der Waals surface area contributed by atoms with Gasteiger partial charge in [-0.2, -0.15) is 31.4 Å². The summed E-state index contributed by atoms with van der Waals surface area (Å²) in [6.45, 7) is 0. The molecule has 0 radical (unpaired) electrons. The molecule has 2 aromatic heterocycles. The van der Waals surface area contributed by atoms with Gasteiger partial charge in [-0.1, -0.05) is 36.4 Å². The minimum Gasteiger partial charge on any atom is -0.404 e. The van der Waals surface area contributed by atoms with Crippen molar-refractivity contribution < 1.29 is 44.3 Å². The zero-order valence-electron chi connectivity index (χ0n) is 21.3. The summed E-state index contributed by atoms with van der Waals surface area (Å²) in [5, 5.41) is 5.89. The number of benzene rings is 3. The molecule has 5 aromatic rings. The normalized spacial score (nSPS) is 12.2. The van der Waals surface area contributed by atoms with E-state index in [-0.39, 0.29) is 21.8 Å². The van der Waals surface area contributed by atoms with Gasteiger partial charge in [-0.25, -0.2) is 22.7 Å². The van der Waals surface area contributed by atoms with Gasteiger partial charge in [0.1, 0.15) is 0 Å². The van der Waals surface area contributed by atoms with Gasteiger partial charge in [0.05, 0.1) is 22.3 Å². The van der Waals surface area contributed by atoms with E-state index in [1.165, 1.54) is 30.3 Å². The van der Waals surface area contributed by atoms with Crippen LogP contribution in [0.5, 0.6) is 5.75 Å². The van der Waals surface area contributed by atoms with Crippen LogP contribution in [0.25, 0.3) is 16.9 Å². The Balaban J connectivity index is 1.41. The standard InChI is InChI=1S/C27H17F6N5O4S/c28-26(29,30)17-11-9-16(10-12-17)21-14-23(27(31,32)33)38-24(36-21)22(15-34-38)42-25(39)35-19-7-4-8-20(13-19)43(40,41)37-18-5-2-1-3-6-18/h1-15,37H,(H,35,39). The number of sulfonamides is 1. The van der Waals surface area contributed by atoms with Crippen LogP contribution in [0.1, 0.15) is 11.3 Å². The van der Waals surface area contributed by atoms with E-state index < -0.39 is 51.1 Å². The van der Waals surface area contributed by atoms with Gasteiger partial charge in [-0.3, -0.25) is 10.0 Å². The maximum Gasteiger partial charge on any atom is 0.433 e. The van der Waals surface area contributed by atoms with Crippen molar-refractivity contribution in [1.29, 1.82) is 0 Å². The average molecular weight is 622 g/mol. The van der Waals surface area contributed by atoms with Crippen molar-refractivity contribution in [2.45, 2.75) is 17.2 Å². The number of nitrogens with one attached hydrogen (secondary N) is 2. The number of halogens is 6. The first kappa shape index (κ1) is 29.4. The minimum absolute atomic E-state index is 0.0215. The summed E-state index contributed by atoms with van der Waals surface area (Å²) in [7, 11) is -4.05. The number of carbonyl (C=O) groups is 1. The molecular formula is C27H17F6N5O4S. The Kier molecular flexibility index (Phi) is 7.47. The number of rotatable bonds is 6. The molecule has 9 nitrogen and oxygen atoms in total. The molecule has 5 rings (SSSR count). The number of hydrogen-bond donors (Lipinski definition) is 2. The third-order valence-corrected chi connectivity index (χ3v) is 7.24. The third-order valence-electron chi connectivity index (χ3n) is 5.86. The zero-order chi connectivity index (χ0) is 31.0. The fourth-order valence-electron chi connectivity index (χ4n) is 3.90. The molecule has 0 fully saturated rings. The molecule has 2 N–H and O–H groups in total. The molecule has 1 amide bonds. The summed E-state index contributed by atoms with van der Waals surface area (Å²) in [5.41, 5.74) is -3.04. The third kappa shape index (κ3) is 6.53. The topological polar surface area (TPSA) is 115 Å². The fraction of sp³-hybridized carbons (Fsp3) is 0.0741. The maximum absolute atomic E-state index is 13.9. The van der Waals surface area contributed by atoms with Crippen LogP contribution < -0.4 is 14.8 Å². The van der Waals surface area contributed by atoms with Gasteiger partial charge in [0.15, 0.2) is 17.1 Å². The van der Waals surface area contributed by atoms with Crippen molar-refractivity contribution in [1.82, 2.24) is 14.6 Å².